The van der Waals surface area contributed by atoms with E-state index in [9.17, 15) is 15.3 Å². The predicted molar refractivity (Wildman–Crippen MR) is 70.2 cm³/mol. The standard InChI is InChI=1S/C15H16O3/c1-9-5-11(6-10(2)15(9)18)7-12-3-4-13(16)8-14(12)17/h3-6,8,16-18H,7H2,1-2H3. The fourth-order valence-corrected chi connectivity index (χ4v) is 2.07. The average Bonchev–Trinajstić information content (AvgIpc) is 2.29. The van der Waals surface area contributed by atoms with Gasteiger partial charge in [-0.1, -0.05) is 18.2 Å². The topological polar surface area (TPSA) is 60.7 Å². The Morgan fingerprint density at radius 3 is 2.06 bits per heavy atom. The van der Waals surface area contributed by atoms with E-state index < -0.39 is 0 Å². The number of hydrogen-bond donors (Lipinski definition) is 3. The lowest BCUT2D eigenvalue weighted by Gasteiger charge is -2.09. The molecule has 18 heavy (non-hydrogen) atoms. The second-order valence-corrected chi connectivity index (χ2v) is 4.57. The molecule has 2 aromatic rings. The molecular weight excluding hydrogens is 228 g/mol. The highest BCUT2D eigenvalue weighted by atomic mass is 16.3. The monoisotopic (exact) mass is 244 g/mol. The molecule has 3 N–H and O–H groups in total. The number of aryl methyl sites for hydroxylation is 2. The van der Waals surface area contributed by atoms with Crippen molar-refractivity contribution in [1.29, 1.82) is 0 Å². The molecule has 0 spiro atoms. The maximum Gasteiger partial charge on any atom is 0.122 e. The summed E-state index contributed by atoms with van der Waals surface area (Å²) < 4.78 is 0. The van der Waals surface area contributed by atoms with Crippen LogP contribution in [0.25, 0.3) is 0 Å². The van der Waals surface area contributed by atoms with E-state index >= 15 is 0 Å². The predicted octanol–water partition coefficient (Wildman–Crippen LogP) is 3.01. The van der Waals surface area contributed by atoms with E-state index in [2.05, 4.69) is 0 Å². The van der Waals surface area contributed by atoms with Crippen LogP contribution in [0.4, 0.5) is 0 Å². The van der Waals surface area contributed by atoms with Crippen LogP contribution in [0.15, 0.2) is 30.3 Å². The van der Waals surface area contributed by atoms with Gasteiger partial charge in [0, 0.05) is 12.5 Å². The van der Waals surface area contributed by atoms with Crippen molar-refractivity contribution in [3.05, 3.63) is 52.6 Å². The lowest BCUT2D eigenvalue weighted by atomic mass is 9.99. The Hall–Kier alpha value is -2.16. The first-order chi connectivity index (χ1) is 8.47. The summed E-state index contributed by atoms with van der Waals surface area (Å²) in [7, 11) is 0. The zero-order chi connectivity index (χ0) is 13.3. The van der Waals surface area contributed by atoms with Crippen molar-refractivity contribution < 1.29 is 15.3 Å². The van der Waals surface area contributed by atoms with Crippen LogP contribution in [0.5, 0.6) is 17.2 Å². The van der Waals surface area contributed by atoms with Crippen LogP contribution in [0, 0.1) is 13.8 Å². The third-order valence-electron chi connectivity index (χ3n) is 3.01. The summed E-state index contributed by atoms with van der Waals surface area (Å²) in [6, 6.07) is 8.37. The molecule has 0 aliphatic carbocycles. The van der Waals surface area contributed by atoms with E-state index in [0.29, 0.717) is 12.2 Å². The number of hydrogen-bond acceptors (Lipinski definition) is 3. The van der Waals surface area contributed by atoms with Crippen LogP contribution in [-0.2, 0) is 6.42 Å². The molecule has 0 bridgehead atoms. The molecule has 0 heterocycles. The van der Waals surface area contributed by atoms with Crippen LogP contribution in [0.3, 0.4) is 0 Å². The third-order valence-corrected chi connectivity index (χ3v) is 3.01. The maximum atomic E-state index is 9.74. The molecule has 0 unspecified atom stereocenters. The van der Waals surface area contributed by atoms with E-state index in [1.54, 1.807) is 12.1 Å². The molecule has 2 rings (SSSR count). The Balaban J connectivity index is 2.34. The summed E-state index contributed by atoms with van der Waals surface area (Å²) in [4.78, 5) is 0. The van der Waals surface area contributed by atoms with E-state index in [1.807, 2.05) is 26.0 Å². The summed E-state index contributed by atoms with van der Waals surface area (Å²) in [6.45, 7) is 3.70. The van der Waals surface area contributed by atoms with Crippen molar-refractivity contribution in [1.82, 2.24) is 0 Å². The highest BCUT2D eigenvalue weighted by Crippen LogP contribution is 2.28. The Labute approximate surface area is 106 Å². The summed E-state index contributed by atoms with van der Waals surface area (Å²) in [6.07, 6.45) is 0.564. The van der Waals surface area contributed by atoms with Crippen LogP contribution < -0.4 is 0 Å². The highest BCUT2D eigenvalue weighted by Gasteiger charge is 2.07. The Bertz CT molecular complexity index is 565. The first-order valence-electron chi connectivity index (χ1n) is 5.77. The molecule has 0 saturated carbocycles. The molecule has 3 nitrogen and oxygen atoms in total. The van der Waals surface area contributed by atoms with Gasteiger partial charge in [-0.3, -0.25) is 0 Å². The minimum atomic E-state index is 0.0503. The van der Waals surface area contributed by atoms with Crippen LogP contribution in [0.2, 0.25) is 0 Å². The summed E-state index contributed by atoms with van der Waals surface area (Å²) >= 11 is 0. The molecule has 0 atom stereocenters. The van der Waals surface area contributed by atoms with Gasteiger partial charge in [-0.15, -0.1) is 0 Å². The van der Waals surface area contributed by atoms with Gasteiger partial charge in [0.15, 0.2) is 0 Å². The molecule has 0 aromatic heterocycles. The molecule has 2 aromatic carbocycles. The van der Waals surface area contributed by atoms with Crippen molar-refractivity contribution >= 4 is 0 Å². The van der Waals surface area contributed by atoms with E-state index in [4.69, 9.17) is 0 Å². The quantitative estimate of drug-likeness (QED) is 0.761. The minimum Gasteiger partial charge on any atom is -0.508 e. The number of rotatable bonds is 2. The van der Waals surface area contributed by atoms with Crippen molar-refractivity contribution in [3.8, 4) is 17.2 Å². The molecule has 0 fully saturated rings. The normalized spacial score (nSPS) is 10.6. The van der Waals surface area contributed by atoms with Gasteiger partial charge in [-0.25, -0.2) is 0 Å². The summed E-state index contributed by atoms with van der Waals surface area (Å²) in [5.41, 5.74) is 3.41. The number of phenolic OH excluding ortho intramolecular Hbond substituents is 3. The van der Waals surface area contributed by atoms with E-state index in [1.165, 1.54) is 6.07 Å². The Morgan fingerprint density at radius 2 is 1.50 bits per heavy atom. The SMILES string of the molecule is Cc1cc(Cc2ccc(O)cc2O)cc(C)c1O. The van der Waals surface area contributed by atoms with Crippen LogP contribution in [-0.4, -0.2) is 15.3 Å². The number of benzene rings is 2. The van der Waals surface area contributed by atoms with Gasteiger partial charge in [0.2, 0.25) is 0 Å². The van der Waals surface area contributed by atoms with Crippen molar-refractivity contribution in [3.63, 3.8) is 0 Å². The van der Waals surface area contributed by atoms with Crippen LogP contribution in [0.1, 0.15) is 22.3 Å². The van der Waals surface area contributed by atoms with E-state index in [-0.39, 0.29) is 11.5 Å². The van der Waals surface area contributed by atoms with E-state index in [0.717, 1.165) is 22.3 Å². The number of aromatic hydroxyl groups is 3. The third kappa shape index (κ3) is 2.40. The van der Waals surface area contributed by atoms with Crippen molar-refractivity contribution in [2.24, 2.45) is 0 Å². The van der Waals surface area contributed by atoms with Gasteiger partial charge in [0.1, 0.15) is 17.2 Å². The van der Waals surface area contributed by atoms with Gasteiger partial charge in [0.05, 0.1) is 0 Å². The van der Waals surface area contributed by atoms with Crippen molar-refractivity contribution in [2.45, 2.75) is 20.3 Å². The van der Waals surface area contributed by atoms with Gasteiger partial charge < -0.3 is 15.3 Å². The first-order valence-corrected chi connectivity index (χ1v) is 5.77. The van der Waals surface area contributed by atoms with Gasteiger partial charge in [-0.05, 0) is 42.2 Å². The zero-order valence-electron chi connectivity index (χ0n) is 10.4. The molecule has 0 aliphatic rings. The molecule has 0 saturated heterocycles. The smallest absolute Gasteiger partial charge is 0.122 e. The Kier molecular flexibility index (Phi) is 3.15. The van der Waals surface area contributed by atoms with Gasteiger partial charge in [-0.2, -0.15) is 0 Å². The molecular formula is C15H16O3. The fourth-order valence-electron chi connectivity index (χ4n) is 2.07. The minimum absolute atomic E-state index is 0.0503. The summed E-state index contributed by atoms with van der Waals surface area (Å²) in [5, 5.41) is 28.7. The molecule has 94 valence electrons. The average molecular weight is 244 g/mol. The molecule has 0 amide bonds. The Morgan fingerprint density at radius 1 is 0.889 bits per heavy atom. The largest absolute Gasteiger partial charge is 0.508 e. The molecule has 0 radical (unpaired) electrons. The van der Waals surface area contributed by atoms with Crippen molar-refractivity contribution in [2.75, 3.05) is 0 Å². The molecule has 0 aliphatic heterocycles. The lowest BCUT2D eigenvalue weighted by Crippen LogP contribution is -1.92. The maximum absolute atomic E-state index is 9.74. The van der Waals surface area contributed by atoms with Gasteiger partial charge >= 0.3 is 0 Å². The second-order valence-electron chi connectivity index (χ2n) is 4.57. The van der Waals surface area contributed by atoms with Gasteiger partial charge in [0.25, 0.3) is 0 Å². The zero-order valence-corrected chi connectivity index (χ0v) is 10.4. The second kappa shape index (κ2) is 4.61. The summed E-state index contributed by atoms with van der Waals surface area (Å²) in [5.74, 6) is 0.446. The first kappa shape index (κ1) is 12.3. The molecule has 3 heteroatoms. The number of phenols is 3. The fraction of sp³-hybridized carbons (Fsp3) is 0.200. The van der Waals surface area contributed by atoms with Crippen LogP contribution >= 0.6 is 0 Å². The lowest BCUT2D eigenvalue weighted by molar-refractivity contribution is 0.447. The highest BCUT2D eigenvalue weighted by molar-refractivity contribution is 5.46.